The zero-order chi connectivity index (χ0) is 14.6. The maximum Gasteiger partial charge on any atom is 0.407 e. The quantitative estimate of drug-likeness (QED) is 0.879. The number of ether oxygens (including phenoxy) is 1. The summed E-state index contributed by atoms with van der Waals surface area (Å²) >= 11 is 0. The fourth-order valence-electron chi connectivity index (χ4n) is 1.36. The average Bonchev–Trinajstić information content (AvgIpc) is 2.25. The summed E-state index contributed by atoms with van der Waals surface area (Å²) in [6, 6.07) is 3.89. The van der Waals surface area contributed by atoms with Crippen LogP contribution in [0.15, 0.2) is 18.2 Å². The first-order valence-corrected chi connectivity index (χ1v) is 5.74. The van der Waals surface area contributed by atoms with Crippen LogP contribution in [-0.2, 0) is 11.3 Å². The monoisotopic (exact) mass is 268 g/mol. The molecule has 1 aromatic carbocycles. The van der Waals surface area contributed by atoms with Gasteiger partial charge in [0.2, 0.25) is 0 Å². The van der Waals surface area contributed by atoms with Gasteiger partial charge in [0.15, 0.2) is 0 Å². The number of hydrogen-bond acceptors (Lipinski definition) is 3. The fourth-order valence-corrected chi connectivity index (χ4v) is 1.36. The lowest BCUT2D eigenvalue weighted by Gasteiger charge is -2.19. The summed E-state index contributed by atoms with van der Waals surface area (Å²) in [4.78, 5) is 22.4. The molecule has 0 radical (unpaired) electrons. The van der Waals surface area contributed by atoms with Crippen molar-refractivity contribution in [2.75, 3.05) is 0 Å². The molecule has 0 saturated heterocycles. The van der Waals surface area contributed by atoms with Crippen molar-refractivity contribution in [2.45, 2.75) is 32.9 Å². The third-order valence-electron chi connectivity index (χ3n) is 2.13. The summed E-state index contributed by atoms with van der Waals surface area (Å²) < 4.78 is 18.3. The molecule has 1 aromatic rings. The molecule has 0 atom stereocenters. The number of alkyl carbamates (subject to hydrolysis) is 1. The van der Waals surface area contributed by atoms with Crippen LogP contribution in [0.4, 0.5) is 9.18 Å². The van der Waals surface area contributed by atoms with Crippen molar-refractivity contribution in [3.8, 4) is 0 Å². The van der Waals surface area contributed by atoms with Gasteiger partial charge in [-0.25, -0.2) is 9.18 Å². The minimum Gasteiger partial charge on any atom is -0.444 e. The highest BCUT2D eigenvalue weighted by Gasteiger charge is 2.16. The van der Waals surface area contributed by atoms with Crippen LogP contribution in [0, 0.1) is 5.82 Å². The van der Waals surface area contributed by atoms with E-state index in [0.717, 1.165) is 6.07 Å². The zero-order valence-electron chi connectivity index (χ0n) is 11.1. The van der Waals surface area contributed by atoms with E-state index < -0.39 is 23.4 Å². The van der Waals surface area contributed by atoms with Gasteiger partial charge in [-0.1, -0.05) is 6.07 Å². The van der Waals surface area contributed by atoms with Crippen molar-refractivity contribution >= 4 is 12.0 Å². The van der Waals surface area contributed by atoms with Crippen LogP contribution in [0.25, 0.3) is 0 Å². The molecule has 0 unspecified atom stereocenters. The molecule has 0 bridgehead atoms. The molecule has 3 N–H and O–H groups in total. The predicted octanol–water partition coefficient (Wildman–Crippen LogP) is 1.95. The number of primary amides is 1. The molecule has 5 nitrogen and oxygen atoms in total. The lowest BCUT2D eigenvalue weighted by Crippen LogP contribution is -2.32. The summed E-state index contributed by atoms with van der Waals surface area (Å²) in [5.41, 5.74) is 4.79. The Balaban J connectivity index is 2.66. The molecule has 0 fully saturated rings. The van der Waals surface area contributed by atoms with E-state index in [2.05, 4.69) is 5.32 Å². The summed E-state index contributed by atoms with van der Waals surface area (Å²) in [6.07, 6.45) is -0.586. The Labute approximate surface area is 110 Å². The predicted molar refractivity (Wildman–Crippen MR) is 68.0 cm³/mol. The van der Waals surface area contributed by atoms with Crippen molar-refractivity contribution < 1.29 is 18.7 Å². The second-order valence-electron chi connectivity index (χ2n) is 5.03. The number of nitrogens with one attached hydrogen (secondary N) is 1. The Morgan fingerprint density at radius 1 is 1.37 bits per heavy atom. The highest BCUT2D eigenvalue weighted by atomic mass is 19.1. The van der Waals surface area contributed by atoms with Crippen LogP contribution in [0.2, 0.25) is 0 Å². The number of halogens is 1. The fraction of sp³-hybridized carbons (Fsp3) is 0.385. The van der Waals surface area contributed by atoms with Gasteiger partial charge >= 0.3 is 6.09 Å². The molecule has 104 valence electrons. The van der Waals surface area contributed by atoms with Gasteiger partial charge in [-0.3, -0.25) is 4.79 Å². The summed E-state index contributed by atoms with van der Waals surface area (Å²) in [5, 5.41) is 2.51. The molecule has 0 aliphatic carbocycles. The molecule has 6 heteroatoms. The number of nitrogens with two attached hydrogens (primary N) is 1. The molecule has 0 heterocycles. The minimum atomic E-state index is -0.850. The number of benzene rings is 1. The van der Waals surface area contributed by atoms with Crippen molar-refractivity contribution in [1.82, 2.24) is 5.32 Å². The van der Waals surface area contributed by atoms with Gasteiger partial charge in [0.05, 0.1) is 5.56 Å². The zero-order valence-corrected chi connectivity index (χ0v) is 11.1. The van der Waals surface area contributed by atoms with Crippen molar-refractivity contribution in [1.29, 1.82) is 0 Å². The van der Waals surface area contributed by atoms with Gasteiger partial charge < -0.3 is 15.8 Å². The molecule has 0 aliphatic rings. The van der Waals surface area contributed by atoms with Crippen LogP contribution >= 0.6 is 0 Å². The van der Waals surface area contributed by atoms with Gasteiger partial charge in [-0.05, 0) is 38.5 Å². The van der Waals surface area contributed by atoms with Gasteiger partial charge in [0.1, 0.15) is 11.4 Å². The van der Waals surface area contributed by atoms with Crippen LogP contribution in [0.3, 0.4) is 0 Å². The topological polar surface area (TPSA) is 81.4 Å². The Morgan fingerprint density at radius 3 is 2.53 bits per heavy atom. The van der Waals surface area contributed by atoms with Crippen molar-refractivity contribution in [2.24, 2.45) is 5.73 Å². The van der Waals surface area contributed by atoms with Gasteiger partial charge in [-0.2, -0.15) is 0 Å². The highest BCUT2D eigenvalue weighted by Crippen LogP contribution is 2.11. The molecule has 2 amide bonds. The second-order valence-corrected chi connectivity index (χ2v) is 5.03. The number of hydrogen-bond donors (Lipinski definition) is 2. The lowest BCUT2D eigenvalue weighted by atomic mass is 10.1. The first-order valence-electron chi connectivity index (χ1n) is 5.74. The van der Waals surface area contributed by atoms with E-state index in [1.165, 1.54) is 12.1 Å². The van der Waals surface area contributed by atoms with Crippen LogP contribution in [-0.4, -0.2) is 17.6 Å². The van der Waals surface area contributed by atoms with E-state index in [1.54, 1.807) is 20.8 Å². The molecule has 0 aromatic heterocycles. The van der Waals surface area contributed by atoms with E-state index in [9.17, 15) is 14.0 Å². The normalized spacial score (nSPS) is 10.9. The summed E-state index contributed by atoms with van der Waals surface area (Å²) in [6.45, 7) is 5.36. The van der Waals surface area contributed by atoms with Crippen LogP contribution in [0.5, 0.6) is 0 Å². The average molecular weight is 268 g/mol. The molecule has 0 aliphatic heterocycles. The Morgan fingerprint density at radius 2 is 2.00 bits per heavy atom. The number of carbonyl (C=O) groups excluding carboxylic acids is 2. The second kappa shape index (κ2) is 5.69. The van der Waals surface area contributed by atoms with Gasteiger partial charge in [-0.15, -0.1) is 0 Å². The SMILES string of the molecule is CC(C)(C)OC(=O)NCc1ccc(F)c(C(N)=O)c1. The standard InChI is InChI=1S/C13H17FN2O3/c1-13(2,3)19-12(18)16-7-8-4-5-10(14)9(6-8)11(15)17/h4-6H,7H2,1-3H3,(H2,15,17)(H,16,18). The third kappa shape index (κ3) is 4.95. The van der Waals surface area contributed by atoms with E-state index in [4.69, 9.17) is 10.5 Å². The van der Waals surface area contributed by atoms with E-state index in [1.807, 2.05) is 0 Å². The first-order chi connectivity index (χ1) is 8.69. The number of amides is 2. The molecule has 1 rings (SSSR count). The first kappa shape index (κ1) is 14.9. The van der Waals surface area contributed by atoms with Crippen molar-refractivity contribution in [3.05, 3.63) is 35.1 Å². The molecular weight excluding hydrogens is 251 g/mol. The maximum atomic E-state index is 13.2. The Kier molecular flexibility index (Phi) is 4.47. The summed E-state index contributed by atoms with van der Waals surface area (Å²) in [5.74, 6) is -1.54. The van der Waals surface area contributed by atoms with Crippen LogP contribution in [0.1, 0.15) is 36.7 Å². The lowest BCUT2D eigenvalue weighted by molar-refractivity contribution is 0.0523. The molecule has 19 heavy (non-hydrogen) atoms. The third-order valence-corrected chi connectivity index (χ3v) is 2.13. The minimum absolute atomic E-state index is 0.121. The molecule has 0 saturated carbocycles. The van der Waals surface area contributed by atoms with Gasteiger partial charge in [0, 0.05) is 6.54 Å². The largest absolute Gasteiger partial charge is 0.444 e. The Bertz CT molecular complexity index is 495. The molecule has 0 spiro atoms. The highest BCUT2D eigenvalue weighted by molar-refractivity contribution is 5.93. The van der Waals surface area contributed by atoms with E-state index in [-0.39, 0.29) is 12.1 Å². The van der Waals surface area contributed by atoms with E-state index >= 15 is 0 Å². The molecular formula is C13H17FN2O3. The number of rotatable bonds is 3. The van der Waals surface area contributed by atoms with Crippen molar-refractivity contribution in [3.63, 3.8) is 0 Å². The summed E-state index contributed by atoms with van der Waals surface area (Å²) in [7, 11) is 0. The maximum absolute atomic E-state index is 13.2. The van der Waals surface area contributed by atoms with E-state index in [0.29, 0.717) is 5.56 Å². The number of carbonyl (C=O) groups is 2. The smallest absolute Gasteiger partial charge is 0.407 e. The van der Waals surface area contributed by atoms with Crippen LogP contribution < -0.4 is 11.1 Å². The Hall–Kier alpha value is -2.11. The van der Waals surface area contributed by atoms with Gasteiger partial charge in [0.25, 0.3) is 5.91 Å².